The number of benzene rings is 1. The lowest BCUT2D eigenvalue weighted by Gasteiger charge is -2.34. The highest BCUT2D eigenvalue weighted by atomic mass is 16.2. The molecule has 2 amide bonds. The molecule has 1 saturated carbocycles. The smallest absolute Gasteiger partial charge is 0.227 e. The molecule has 0 bridgehead atoms. The molecule has 1 saturated heterocycles. The van der Waals surface area contributed by atoms with Gasteiger partial charge in [-0.25, -0.2) is 0 Å². The number of hydrogen-bond donors (Lipinski definition) is 1. The molecule has 29 heavy (non-hydrogen) atoms. The highest BCUT2D eigenvalue weighted by Gasteiger charge is 2.29. The van der Waals surface area contributed by atoms with Crippen molar-refractivity contribution in [3.63, 3.8) is 0 Å². The number of piperazine rings is 1. The molecule has 2 fully saturated rings. The molecule has 1 aliphatic heterocycles. The predicted octanol–water partition coefficient (Wildman–Crippen LogP) is 2.36. The average Bonchev–Trinajstić information content (AvgIpc) is 3.60. The minimum atomic E-state index is 0.107. The molecule has 6 heteroatoms. The Hall–Kier alpha value is -2.73. The monoisotopic (exact) mass is 392 g/mol. The Labute approximate surface area is 171 Å². The van der Waals surface area contributed by atoms with Crippen LogP contribution < -0.4 is 5.32 Å². The molecule has 0 radical (unpaired) electrons. The molecular weight excluding hydrogens is 364 g/mol. The first kappa shape index (κ1) is 19.6. The molecule has 1 aliphatic carbocycles. The van der Waals surface area contributed by atoms with Gasteiger partial charge in [-0.3, -0.25) is 19.5 Å². The molecule has 1 aromatic carbocycles. The minimum absolute atomic E-state index is 0.107. The first-order valence-electron chi connectivity index (χ1n) is 10.5. The average molecular weight is 393 g/mol. The molecule has 0 atom stereocenters. The van der Waals surface area contributed by atoms with Gasteiger partial charge in [0, 0.05) is 56.7 Å². The Balaban J connectivity index is 1.20. The summed E-state index contributed by atoms with van der Waals surface area (Å²) in [7, 11) is 0. The second kappa shape index (κ2) is 9.18. The third kappa shape index (κ3) is 5.64. The van der Waals surface area contributed by atoms with Crippen LogP contribution in [-0.4, -0.2) is 59.3 Å². The number of carbonyl (C=O) groups is 2. The Morgan fingerprint density at radius 3 is 2.28 bits per heavy atom. The van der Waals surface area contributed by atoms with Crippen LogP contribution in [0.3, 0.4) is 0 Å². The number of rotatable bonds is 7. The van der Waals surface area contributed by atoms with E-state index in [1.165, 1.54) is 5.56 Å². The van der Waals surface area contributed by atoms with Crippen molar-refractivity contribution in [2.75, 3.05) is 38.0 Å². The van der Waals surface area contributed by atoms with Gasteiger partial charge in [0.15, 0.2) is 0 Å². The van der Waals surface area contributed by atoms with Gasteiger partial charge >= 0.3 is 0 Å². The van der Waals surface area contributed by atoms with Crippen LogP contribution >= 0.6 is 0 Å². The summed E-state index contributed by atoms with van der Waals surface area (Å²) in [5.74, 6) is 0.476. The van der Waals surface area contributed by atoms with E-state index in [1.807, 2.05) is 41.6 Å². The number of nitrogens with one attached hydrogen (secondary N) is 1. The zero-order chi connectivity index (χ0) is 20.1. The van der Waals surface area contributed by atoms with Crippen molar-refractivity contribution < 1.29 is 9.59 Å². The van der Waals surface area contributed by atoms with Crippen LogP contribution in [-0.2, 0) is 22.4 Å². The summed E-state index contributed by atoms with van der Waals surface area (Å²) in [6.45, 7) is 4.42. The van der Waals surface area contributed by atoms with E-state index in [1.54, 1.807) is 0 Å². The number of hydrogen-bond acceptors (Lipinski definition) is 4. The number of nitrogens with zero attached hydrogens (tertiary/aromatic N) is 3. The Kier molecular flexibility index (Phi) is 6.20. The van der Waals surface area contributed by atoms with E-state index in [0.29, 0.717) is 6.42 Å². The van der Waals surface area contributed by atoms with E-state index in [0.717, 1.165) is 63.2 Å². The number of anilines is 1. The second-order valence-electron chi connectivity index (χ2n) is 7.97. The predicted molar refractivity (Wildman–Crippen MR) is 112 cm³/mol. The molecule has 1 N–H and O–H groups in total. The fourth-order valence-electron chi connectivity index (χ4n) is 3.64. The van der Waals surface area contributed by atoms with E-state index >= 15 is 0 Å². The first-order chi connectivity index (χ1) is 14.2. The summed E-state index contributed by atoms with van der Waals surface area (Å²) < 4.78 is 0. The molecule has 152 valence electrons. The Bertz CT molecular complexity index is 826. The lowest BCUT2D eigenvalue weighted by molar-refractivity contribution is -0.132. The summed E-state index contributed by atoms with van der Waals surface area (Å²) in [6.07, 6.45) is 7.08. The normalized spacial score (nSPS) is 17.2. The zero-order valence-electron chi connectivity index (χ0n) is 16.7. The van der Waals surface area contributed by atoms with E-state index in [4.69, 9.17) is 0 Å². The van der Waals surface area contributed by atoms with Crippen LogP contribution in [0.15, 0.2) is 48.8 Å². The van der Waals surface area contributed by atoms with Crippen molar-refractivity contribution >= 4 is 17.5 Å². The van der Waals surface area contributed by atoms with Crippen LogP contribution in [0.2, 0.25) is 0 Å². The van der Waals surface area contributed by atoms with Gasteiger partial charge in [-0.15, -0.1) is 0 Å². The van der Waals surface area contributed by atoms with Crippen molar-refractivity contribution in [1.82, 2.24) is 14.8 Å². The molecule has 6 nitrogen and oxygen atoms in total. The van der Waals surface area contributed by atoms with Gasteiger partial charge in [0.2, 0.25) is 11.8 Å². The van der Waals surface area contributed by atoms with E-state index in [-0.39, 0.29) is 17.7 Å². The molecule has 2 aromatic rings. The summed E-state index contributed by atoms with van der Waals surface area (Å²) in [5.41, 5.74) is 3.09. The summed E-state index contributed by atoms with van der Waals surface area (Å²) in [6, 6.07) is 11.8. The maximum absolute atomic E-state index is 12.6. The number of carbonyl (C=O) groups excluding carboxylic acids is 2. The van der Waals surface area contributed by atoms with Gasteiger partial charge in [0.1, 0.15) is 0 Å². The standard InChI is InChI=1S/C23H28N4O2/c28-22(17-19-1-5-21(6-2-19)25-23(29)20-3-4-20)27-15-13-26(14-16-27)12-9-18-7-10-24-11-8-18/h1-2,5-8,10-11,20H,3-4,9,12-17H2,(H,25,29). The van der Waals surface area contributed by atoms with Gasteiger partial charge in [-0.05, 0) is 54.7 Å². The molecule has 2 heterocycles. The van der Waals surface area contributed by atoms with Crippen molar-refractivity contribution in [1.29, 1.82) is 0 Å². The number of aromatic nitrogens is 1. The Morgan fingerprint density at radius 2 is 1.62 bits per heavy atom. The van der Waals surface area contributed by atoms with Crippen molar-refractivity contribution in [3.05, 3.63) is 59.9 Å². The number of amides is 2. The summed E-state index contributed by atoms with van der Waals surface area (Å²) in [4.78, 5) is 32.9. The highest BCUT2D eigenvalue weighted by molar-refractivity contribution is 5.94. The van der Waals surface area contributed by atoms with Crippen LogP contribution in [0.4, 0.5) is 5.69 Å². The summed E-state index contributed by atoms with van der Waals surface area (Å²) in [5, 5.41) is 2.93. The van der Waals surface area contributed by atoms with Gasteiger partial charge in [-0.1, -0.05) is 12.1 Å². The van der Waals surface area contributed by atoms with Gasteiger partial charge in [0.05, 0.1) is 6.42 Å². The molecule has 1 aromatic heterocycles. The first-order valence-corrected chi connectivity index (χ1v) is 10.5. The van der Waals surface area contributed by atoms with Gasteiger partial charge in [-0.2, -0.15) is 0 Å². The third-order valence-corrected chi connectivity index (χ3v) is 5.72. The van der Waals surface area contributed by atoms with Gasteiger partial charge in [0.25, 0.3) is 0 Å². The molecule has 0 unspecified atom stereocenters. The van der Waals surface area contributed by atoms with Crippen LogP contribution in [0.5, 0.6) is 0 Å². The van der Waals surface area contributed by atoms with Crippen molar-refractivity contribution in [2.45, 2.75) is 25.7 Å². The molecule has 4 rings (SSSR count). The van der Waals surface area contributed by atoms with Crippen LogP contribution in [0.25, 0.3) is 0 Å². The maximum atomic E-state index is 12.6. The Morgan fingerprint density at radius 1 is 0.931 bits per heavy atom. The fraction of sp³-hybridized carbons (Fsp3) is 0.435. The zero-order valence-corrected chi connectivity index (χ0v) is 16.7. The SMILES string of the molecule is O=C(Nc1ccc(CC(=O)N2CCN(CCc3ccncc3)CC2)cc1)C1CC1. The van der Waals surface area contributed by atoms with Crippen LogP contribution in [0.1, 0.15) is 24.0 Å². The number of pyridine rings is 1. The van der Waals surface area contributed by atoms with Gasteiger partial charge < -0.3 is 10.2 Å². The van der Waals surface area contributed by atoms with Crippen LogP contribution in [0, 0.1) is 5.92 Å². The maximum Gasteiger partial charge on any atom is 0.227 e. The highest BCUT2D eigenvalue weighted by Crippen LogP contribution is 2.30. The van der Waals surface area contributed by atoms with Crippen molar-refractivity contribution in [2.24, 2.45) is 5.92 Å². The van der Waals surface area contributed by atoms with E-state index in [2.05, 4.69) is 27.3 Å². The second-order valence-corrected chi connectivity index (χ2v) is 7.97. The quantitative estimate of drug-likeness (QED) is 0.786. The molecular formula is C23H28N4O2. The van der Waals surface area contributed by atoms with E-state index < -0.39 is 0 Å². The third-order valence-electron chi connectivity index (χ3n) is 5.72. The lowest BCUT2D eigenvalue weighted by atomic mass is 10.1. The molecule has 0 spiro atoms. The summed E-state index contributed by atoms with van der Waals surface area (Å²) >= 11 is 0. The molecule has 2 aliphatic rings. The largest absolute Gasteiger partial charge is 0.340 e. The van der Waals surface area contributed by atoms with E-state index in [9.17, 15) is 9.59 Å². The topological polar surface area (TPSA) is 65.5 Å². The van der Waals surface area contributed by atoms with Crippen molar-refractivity contribution in [3.8, 4) is 0 Å². The minimum Gasteiger partial charge on any atom is -0.340 e. The lowest BCUT2D eigenvalue weighted by Crippen LogP contribution is -2.49. The fourth-order valence-corrected chi connectivity index (χ4v) is 3.64.